The van der Waals surface area contributed by atoms with E-state index in [1.165, 1.54) is 11.1 Å². The molecule has 4 nitrogen and oxygen atoms in total. The third-order valence-electron chi connectivity index (χ3n) is 4.01. The maximum Gasteiger partial charge on any atom is 0.115 e. The van der Waals surface area contributed by atoms with E-state index in [0.29, 0.717) is 11.8 Å². The van der Waals surface area contributed by atoms with Crippen molar-refractivity contribution in [2.24, 2.45) is 7.05 Å². The fourth-order valence-corrected chi connectivity index (χ4v) is 3.05. The third-order valence-corrected chi connectivity index (χ3v) is 4.01. The number of rotatable bonds is 3. The summed E-state index contributed by atoms with van der Waals surface area (Å²) in [5.41, 5.74) is 4.80. The van der Waals surface area contributed by atoms with Gasteiger partial charge in [0.05, 0.1) is 17.4 Å². The summed E-state index contributed by atoms with van der Waals surface area (Å²) in [4.78, 5) is 0. The number of benzene rings is 1. The number of phenols is 1. The van der Waals surface area contributed by atoms with Crippen molar-refractivity contribution >= 4 is 5.69 Å². The smallest absolute Gasteiger partial charge is 0.115 e. The van der Waals surface area contributed by atoms with Gasteiger partial charge >= 0.3 is 0 Å². The van der Waals surface area contributed by atoms with Crippen molar-refractivity contribution in [1.82, 2.24) is 9.78 Å². The second-order valence-electron chi connectivity index (χ2n) is 5.49. The van der Waals surface area contributed by atoms with Gasteiger partial charge in [-0.1, -0.05) is 13.0 Å². The topological polar surface area (TPSA) is 50.1 Å². The van der Waals surface area contributed by atoms with E-state index in [1.54, 1.807) is 6.07 Å². The Bertz CT molecular complexity index is 618. The molecule has 3 rings (SSSR count). The normalized spacial score (nSPS) is 17.8. The average Bonchev–Trinajstić information content (AvgIpc) is 2.78. The van der Waals surface area contributed by atoms with E-state index in [9.17, 15) is 5.11 Å². The molecule has 1 atom stereocenters. The quantitative estimate of drug-likeness (QED) is 0.901. The van der Waals surface area contributed by atoms with Crippen LogP contribution in [0.5, 0.6) is 5.75 Å². The fraction of sp³-hybridized carbons (Fsp3) is 0.438. The molecule has 2 N–H and O–H groups in total. The minimum absolute atomic E-state index is 0.314. The van der Waals surface area contributed by atoms with Crippen LogP contribution >= 0.6 is 0 Å². The second-order valence-corrected chi connectivity index (χ2v) is 5.49. The van der Waals surface area contributed by atoms with Crippen LogP contribution in [0.4, 0.5) is 5.69 Å². The molecule has 1 heterocycles. The zero-order chi connectivity index (χ0) is 14.1. The zero-order valence-electron chi connectivity index (χ0n) is 12.1. The van der Waals surface area contributed by atoms with E-state index in [4.69, 9.17) is 0 Å². The first-order valence-corrected chi connectivity index (χ1v) is 7.28. The van der Waals surface area contributed by atoms with Gasteiger partial charge in [-0.25, -0.2) is 0 Å². The molecule has 106 valence electrons. The number of nitrogens with zero attached hydrogens (tertiary/aromatic N) is 2. The van der Waals surface area contributed by atoms with Gasteiger partial charge in [0.2, 0.25) is 0 Å². The fourth-order valence-electron chi connectivity index (χ4n) is 3.05. The monoisotopic (exact) mass is 271 g/mol. The number of aryl methyl sites for hydroxylation is 3. The molecule has 1 aliphatic rings. The first kappa shape index (κ1) is 13.0. The van der Waals surface area contributed by atoms with E-state index >= 15 is 0 Å². The first-order chi connectivity index (χ1) is 9.67. The molecule has 20 heavy (non-hydrogen) atoms. The number of aromatic hydroxyl groups is 1. The maximum atomic E-state index is 9.62. The van der Waals surface area contributed by atoms with Crippen molar-refractivity contribution in [1.29, 1.82) is 0 Å². The van der Waals surface area contributed by atoms with E-state index < -0.39 is 0 Å². The van der Waals surface area contributed by atoms with Crippen LogP contribution in [-0.2, 0) is 19.9 Å². The molecule has 0 aliphatic heterocycles. The zero-order valence-corrected chi connectivity index (χ0v) is 12.1. The summed E-state index contributed by atoms with van der Waals surface area (Å²) < 4.78 is 1.86. The third kappa shape index (κ3) is 2.38. The molecule has 0 spiro atoms. The van der Waals surface area contributed by atoms with Gasteiger partial charge in [0.15, 0.2) is 0 Å². The van der Waals surface area contributed by atoms with E-state index in [-0.39, 0.29) is 0 Å². The van der Waals surface area contributed by atoms with E-state index in [2.05, 4.69) is 17.3 Å². The van der Waals surface area contributed by atoms with Gasteiger partial charge in [-0.15, -0.1) is 0 Å². The number of nitrogens with one attached hydrogen (secondary N) is 1. The van der Waals surface area contributed by atoms with Gasteiger partial charge in [-0.05, 0) is 48.9 Å². The lowest BCUT2D eigenvalue weighted by atomic mass is 9.87. The molecule has 0 amide bonds. The predicted molar refractivity (Wildman–Crippen MR) is 80.0 cm³/mol. The number of hydrogen-bond donors (Lipinski definition) is 2. The molecule has 0 saturated carbocycles. The Morgan fingerprint density at radius 3 is 3.10 bits per heavy atom. The number of fused-ring (bicyclic) bond motifs is 1. The number of hydrogen-bond acceptors (Lipinski definition) is 3. The van der Waals surface area contributed by atoms with Crippen molar-refractivity contribution in [2.75, 3.05) is 5.32 Å². The molecule has 0 saturated heterocycles. The molecule has 4 heteroatoms. The largest absolute Gasteiger partial charge is 0.508 e. The summed E-state index contributed by atoms with van der Waals surface area (Å²) in [5.74, 6) is 0.361. The second kappa shape index (κ2) is 5.19. The van der Waals surface area contributed by atoms with Crippen LogP contribution in [0, 0.1) is 0 Å². The van der Waals surface area contributed by atoms with Crippen molar-refractivity contribution in [3.05, 3.63) is 41.2 Å². The highest BCUT2D eigenvalue weighted by atomic mass is 16.3. The highest BCUT2D eigenvalue weighted by Crippen LogP contribution is 2.34. The summed E-state index contributed by atoms with van der Waals surface area (Å²) in [7, 11) is 1.96. The highest BCUT2D eigenvalue weighted by molar-refractivity contribution is 5.50. The summed E-state index contributed by atoms with van der Waals surface area (Å²) >= 11 is 0. The molecular formula is C16H21N3O. The Kier molecular flexibility index (Phi) is 3.38. The predicted octanol–water partition coefficient (Wildman–Crippen LogP) is 3.18. The van der Waals surface area contributed by atoms with Crippen LogP contribution in [0.2, 0.25) is 0 Å². The Balaban J connectivity index is 1.89. The number of aromatic nitrogens is 2. The summed E-state index contributed by atoms with van der Waals surface area (Å²) in [6.07, 6.45) is 6.30. The van der Waals surface area contributed by atoms with Gasteiger partial charge in [-0.2, -0.15) is 5.10 Å². The van der Waals surface area contributed by atoms with Gasteiger partial charge < -0.3 is 10.4 Å². The highest BCUT2D eigenvalue weighted by Gasteiger charge is 2.21. The summed E-state index contributed by atoms with van der Waals surface area (Å²) in [6, 6.07) is 6.04. The Morgan fingerprint density at radius 2 is 2.30 bits per heavy atom. The Hall–Kier alpha value is -1.97. The summed E-state index contributed by atoms with van der Waals surface area (Å²) in [5, 5.41) is 17.7. The minimum atomic E-state index is 0.314. The number of anilines is 1. The van der Waals surface area contributed by atoms with E-state index in [0.717, 1.165) is 37.1 Å². The molecule has 1 aromatic carbocycles. The lowest BCUT2D eigenvalue weighted by Gasteiger charge is -2.27. The van der Waals surface area contributed by atoms with Crippen molar-refractivity contribution in [3.63, 3.8) is 0 Å². The lowest BCUT2D eigenvalue weighted by molar-refractivity contribution is 0.472. The van der Waals surface area contributed by atoms with Crippen molar-refractivity contribution < 1.29 is 5.11 Å². The van der Waals surface area contributed by atoms with Crippen LogP contribution in [-0.4, -0.2) is 14.9 Å². The van der Waals surface area contributed by atoms with Gasteiger partial charge in [0.1, 0.15) is 5.75 Å². The van der Waals surface area contributed by atoms with Crippen LogP contribution in [0.3, 0.4) is 0 Å². The maximum absolute atomic E-state index is 9.62. The molecule has 2 aromatic rings. The molecule has 1 aliphatic carbocycles. The molecule has 0 bridgehead atoms. The molecule has 1 aromatic heterocycles. The molecule has 1 unspecified atom stereocenters. The minimum Gasteiger partial charge on any atom is -0.508 e. The SMILES string of the molecule is CCc1nn(C)cc1NC1CCCc2cc(O)ccc21. The van der Waals surface area contributed by atoms with E-state index in [1.807, 2.05) is 30.1 Å². The van der Waals surface area contributed by atoms with Gasteiger partial charge in [0, 0.05) is 13.2 Å². The number of phenolic OH excluding ortho intramolecular Hbond substituents is 1. The van der Waals surface area contributed by atoms with Crippen molar-refractivity contribution in [3.8, 4) is 5.75 Å². The van der Waals surface area contributed by atoms with Gasteiger partial charge in [-0.3, -0.25) is 4.68 Å². The first-order valence-electron chi connectivity index (χ1n) is 7.28. The van der Waals surface area contributed by atoms with Crippen LogP contribution in [0.1, 0.15) is 42.6 Å². The lowest BCUT2D eigenvalue weighted by Crippen LogP contribution is -2.17. The van der Waals surface area contributed by atoms with Gasteiger partial charge in [0.25, 0.3) is 0 Å². The van der Waals surface area contributed by atoms with Crippen LogP contribution < -0.4 is 5.32 Å². The summed E-state index contributed by atoms with van der Waals surface area (Å²) in [6.45, 7) is 2.13. The molecule has 0 fully saturated rings. The standard InChI is InChI=1S/C16H21N3O/c1-3-14-16(10-19(2)18-14)17-15-6-4-5-11-9-12(20)7-8-13(11)15/h7-10,15,17,20H,3-6H2,1-2H3. The van der Waals surface area contributed by atoms with Crippen molar-refractivity contribution in [2.45, 2.75) is 38.6 Å². The Morgan fingerprint density at radius 1 is 1.45 bits per heavy atom. The average molecular weight is 271 g/mol. The molecular weight excluding hydrogens is 250 g/mol. The molecule has 0 radical (unpaired) electrons. The van der Waals surface area contributed by atoms with Crippen LogP contribution in [0.25, 0.3) is 0 Å². The van der Waals surface area contributed by atoms with Crippen LogP contribution in [0.15, 0.2) is 24.4 Å². The Labute approximate surface area is 119 Å².